The molecule has 0 spiro atoms. The van der Waals surface area contributed by atoms with Crippen LogP contribution in [-0.4, -0.2) is 20.1 Å². The minimum atomic E-state index is 0. The number of benzene rings is 6. The summed E-state index contributed by atoms with van der Waals surface area (Å²) in [4.78, 5) is 17.0. The molecule has 8 aromatic rings. The Labute approximate surface area is 287 Å². The van der Waals surface area contributed by atoms with Gasteiger partial charge in [0, 0.05) is 43.6 Å². The number of phenolic OH excluding ortho intramolecular Hbond substituents is 1. The first kappa shape index (κ1) is 30.0. The molecule has 228 valence electrons. The summed E-state index contributed by atoms with van der Waals surface area (Å²) < 4.78 is 0. The van der Waals surface area contributed by atoms with Gasteiger partial charge in [-0.05, 0) is 52.4 Å². The summed E-state index contributed by atoms with van der Waals surface area (Å²) in [7, 11) is 0. The molecule has 0 aliphatic rings. The van der Waals surface area contributed by atoms with Crippen molar-refractivity contribution in [1.82, 2.24) is 15.0 Å². The normalized spacial score (nSPS) is 10.9. The number of anilines is 3. The topological polar surface area (TPSA) is 62.1 Å². The number of aromatic nitrogens is 3. The number of nitrogens with zero attached hydrogens (tertiary/aromatic N) is 4. The first-order chi connectivity index (χ1) is 22.7. The Morgan fingerprint density at radius 2 is 1.26 bits per heavy atom. The molecule has 0 atom stereocenters. The molecule has 6 heteroatoms. The van der Waals surface area contributed by atoms with Crippen LogP contribution in [-0.2, 0) is 21.1 Å². The molecule has 6 aromatic carbocycles. The molecule has 0 saturated carbocycles. The van der Waals surface area contributed by atoms with E-state index in [4.69, 9.17) is 15.0 Å². The van der Waals surface area contributed by atoms with Gasteiger partial charge in [-0.15, -0.1) is 29.8 Å². The number of pyridine rings is 1. The van der Waals surface area contributed by atoms with Gasteiger partial charge in [-0.3, -0.25) is 9.97 Å². The molecule has 5 nitrogen and oxygen atoms in total. The van der Waals surface area contributed by atoms with Gasteiger partial charge in [-0.2, -0.15) is 0 Å². The minimum absolute atomic E-state index is 0. The smallest absolute Gasteiger partial charge is 0.136 e. The Hall–Kier alpha value is -5.64. The third-order valence-corrected chi connectivity index (χ3v) is 8.09. The van der Waals surface area contributed by atoms with Crippen LogP contribution in [0, 0.1) is 6.07 Å². The molecule has 2 aromatic heterocycles. The summed E-state index contributed by atoms with van der Waals surface area (Å²) in [6.07, 6.45) is 1.91. The molecule has 1 N–H and O–H groups in total. The predicted octanol–water partition coefficient (Wildman–Crippen LogP) is 10.2. The van der Waals surface area contributed by atoms with Crippen molar-refractivity contribution in [2.45, 2.75) is 0 Å². The fourth-order valence-electron chi connectivity index (χ4n) is 5.84. The van der Waals surface area contributed by atoms with E-state index in [2.05, 4.69) is 71.6 Å². The van der Waals surface area contributed by atoms with Crippen LogP contribution in [0.1, 0.15) is 0 Å². The van der Waals surface area contributed by atoms with E-state index in [1.807, 2.05) is 85.1 Å². The van der Waals surface area contributed by atoms with Crippen LogP contribution < -0.4 is 4.90 Å². The molecule has 0 unspecified atom stereocenters. The third-order valence-electron chi connectivity index (χ3n) is 8.09. The van der Waals surface area contributed by atoms with Crippen LogP contribution >= 0.6 is 0 Å². The zero-order valence-electron chi connectivity index (χ0n) is 25.1. The fraction of sp³-hybridized carbons (Fsp3) is 0. The number of hydrogen-bond acceptors (Lipinski definition) is 5. The van der Waals surface area contributed by atoms with E-state index in [-0.39, 0.29) is 26.8 Å². The second-order valence-electron chi connectivity index (χ2n) is 11.0. The number of rotatable bonds is 6. The zero-order valence-corrected chi connectivity index (χ0v) is 27.3. The van der Waals surface area contributed by atoms with Gasteiger partial charge in [-0.1, -0.05) is 103 Å². The van der Waals surface area contributed by atoms with Gasteiger partial charge in [0.15, 0.2) is 0 Å². The Morgan fingerprint density at radius 3 is 2.11 bits per heavy atom. The molecular formula is C41H27N4OPt-. The predicted molar refractivity (Wildman–Crippen MR) is 186 cm³/mol. The Balaban J connectivity index is 0.00000351. The van der Waals surface area contributed by atoms with Crippen molar-refractivity contribution in [3.8, 4) is 39.7 Å². The quantitative estimate of drug-likeness (QED) is 0.170. The molecule has 47 heavy (non-hydrogen) atoms. The first-order valence-electron chi connectivity index (χ1n) is 15.1. The maximum absolute atomic E-state index is 10.7. The van der Waals surface area contributed by atoms with E-state index in [0.717, 1.165) is 55.6 Å². The molecule has 8 rings (SSSR count). The summed E-state index contributed by atoms with van der Waals surface area (Å²) in [6, 6.07) is 53.8. The van der Waals surface area contributed by atoms with Gasteiger partial charge < -0.3 is 10.0 Å². The van der Waals surface area contributed by atoms with Crippen LogP contribution in [0.5, 0.6) is 5.75 Å². The van der Waals surface area contributed by atoms with E-state index < -0.39 is 0 Å². The first-order valence-corrected chi connectivity index (χ1v) is 15.1. The average Bonchev–Trinajstić information content (AvgIpc) is 3.12. The van der Waals surface area contributed by atoms with E-state index in [0.29, 0.717) is 17.1 Å². The van der Waals surface area contributed by atoms with Gasteiger partial charge in [-0.25, -0.2) is 4.98 Å². The van der Waals surface area contributed by atoms with Crippen molar-refractivity contribution in [3.63, 3.8) is 0 Å². The summed E-state index contributed by atoms with van der Waals surface area (Å²) >= 11 is 0. The molecule has 0 bridgehead atoms. The van der Waals surface area contributed by atoms with Gasteiger partial charge in [0.05, 0.1) is 22.9 Å². The molecule has 0 aliphatic heterocycles. The second-order valence-corrected chi connectivity index (χ2v) is 11.0. The van der Waals surface area contributed by atoms with Crippen molar-refractivity contribution < 1.29 is 26.2 Å². The largest absolute Gasteiger partial charge is 0.507 e. The summed E-state index contributed by atoms with van der Waals surface area (Å²) in [5.41, 5.74) is 5.48. The standard InChI is InChI=1S/C41H27N4O.Pt/c46-39-23-9-8-21-35(39)37-26-36(29-13-2-1-3-14-29)43-41(44-37)31-18-10-19-33(24-31)45(38-22-11-17-28-12-6-7-20-34(28)38)40-25-30-15-4-5-16-32(30)27-42-40;/h1-23,25-27,46H;/q-1;. The Morgan fingerprint density at radius 1 is 0.574 bits per heavy atom. The SMILES string of the molecule is Oc1ccccc1-c1cc(-c2ccccc2)nc(-c2[c-]c(N(c3cc4ccccc4cn3)c3cccc4ccccc34)ccc2)n1.[Pt]. The number of hydrogen-bond donors (Lipinski definition) is 1. The van der Waals surface area contributed by atoms with E-state index >= 15 is 0 Å². The van der Waals surface area contributed by atoms with Crippen LogP contribution in [0.3, 0.4) is 0 Å². The van der Waals surface area contributed by atoms with Crippen LogP contribution in [0.15, 0.2) is 158 Å². The molecular weight excluding hydrogens is 760 g/mol. The molecule has 0 saturated heterocycles. The summed E-state index contributed by atoms with van der Waals surface area (Å²) in [5, 5.41) is 15.1. The molecule has 0 aliphatic carbocycles. The number of fused-ring (bicyclic) bond motifs is 2. The van der Waals surface area contributed by atoms with E-state index in [1.54, 1.807) is 12.1 Å². The number of para-hydroxylation sites is 1. The van der Waals surface area contributed by atoms with Crippen molar-refractivity contribution in [2.75, 3.05) is 4.90 Å². The van der Waals surface area contributed by atoms with E-state index in [1.165, 1.54) is 0 Å². The Bertz CT molecular complexity index is 2350. The minimum Gasteiger partial charge on any atom is -0.507 e. The molecule has 0 radical (unpaired) electrons. The van der Waals surface area contributed by atoms with Crippen molar-refractivity contribution in [1.29, 1.82) is 0 Å². The van der Waals surface area contributed by atoms with Crippen LogP contribution in [0.4, 0.5) is 17.2 Å². The van der Waals surface area contributed by atoms with Gasteiger partial charge in [0.1, 0.15) is 11.6 Å². The van der Waals surface area contributed by atoms with Crippen molar-refractivity contribution >= 4 is 38.7 Å². The van der Waals surface area contributed by atoms with Crippen LogP contribution in [0.2, 0.25) is 0 Å². The zero-order chi connectivity index (χ0) is 30.9. The summed E-state index contributed by atoms with van der Waals surface area (Å²) in [6.45, 7) is 0. The number of aromatic hydroxyl groups is 1. The van der Waals surface area contributed by atoms with Crippen molar-refractivity contribution in [2.24, 2.45) is 0 Å². The molecule has 2 heterocycles. The number of phenols is 1. The van der Waals surface area contributed by atoms with Gasteiger partial charge >= 0.3 is 0 Å². The third kappa shape index (κ3) is 5.90. The summed E-state index contributed by atoms with van der Waals surface area (Å²) in [5.74, 6) is 1.44. The maximum atomic E-state index is 10.7. The van der Waals surface area contributed by atoms with Crippen LogP contribution in [0.25, 0.3) is 55.4 Å². The van der Waals surface area contributed by atoms with Crippen molar-refractivity contribution in [3.05, 3.63) is 164 Å². The van der Waals surface area contributed by atoms with Gasteiger partial charge in [0.25, 0.3) is 0 Å². The molecule has 0 fully saturated rings. The molecule has 0 amide bonds. The monoisotopic (exact) mass is 786 g/mol. The maximum Gasteiger partial charge on any atom is 0.136 e. The second kappa shape index (κ2) is 13.0. The Kier molecular flexibility index (Phi) is 8.31. The van der Waals surface area contributed by atoms with Gasteiger partial charge in [0.2, 0.25) is 0 Å². The fourth-order valence-corrected chi connectivity index (χ4v) is 5.84. The average molecular weight is 787 g/mol. The van der Waals surface area contributed by atoms with E-state index in [9.17, 15) is 5.11 Å².